The highest BCUT2D eigenvalue weighted by Crippen LogP contribution is 2.41. The number of benzene rings is 2. The van der Waals surface area contributed by atoms with Gasteiger partial charge >= 0.3 is 5.97 Å². The van der Waals surface area contributed by atoms with Crippen LogP contribution in [0.2, 0.25) is 5.02 Å². The van der Waals surface area contributed by atoms with Crippen molar-refractivity contribution in [2.24, 2.45) is 0 Å². The van der Waals surface area contributed by atoms with Crippen molar-refractivity contribution in [3.63, 3.8) is 0 Å². The van der Waals surface area contributed by atoms with Crippen molar-refractivity contribution in [2.45, 2.75) is 25.2 Å². The van der Waals surface area contributed by atoms with Crippen LogP contribution in [0.1, 0.15) is 35.2 Å². The number of carboxylic acids is 1. The number of carboxylic acid groups (broad SMARTS) is 1. The number of alkyl halides is 2. The molecule has 4 nitrogen and oxygen atoms in total. The van der Waals surface area contributed by atoms with Crippen molar-refractivity contribution >= 4 is 61.4 Å². The zero-order valence-electron chi connectivity index (χ0n) is 15.6. The molecule has 3 aromatic rings. The summed E-state index contributed by atoms with van der Waals surface area (Å²) in [6.45, 7) is 0. The van der Waals surface area contributed by atoms with Gasteiger partial charge in [-0.2, -0.15) is 0 Å². The summed E-state index contributed by atoms with van der Waals surface area (Å²) in [6, 6.07) is 10.1. The van der Waals surface area contributed by atoms with Crippen molar-refractivity contribution in [1.29, 1.82) is 0 Å². The predicted octanol–water partition coefficient (Wildman–Crippen LogP) is 7.30. The van der Waals surface area contributed by atoms with Crippen molar-refractivity contribution in [1.82, 2.24) is 4.98 Å². The second kappa shape index (κ2) is 7.96. The topological polar surface area (TPSA) is 62.2 Å². The number of nitrogens with one attached hydrogen (secondary N) is 1. The maximum Gasteiger partial charge on any atom is 0.337 e. The lowest BCUT2D eigenvalue weighted by molar-refractivity contribution is -0.00603. The summed E-state index contributed by atoms with van der Waals surface area (Å²) < 4.78 is 28.1. The van der Waals surface area contributed by atoms with Crippen LogP contribution in [0, 0.1) is 0 Å². The lowest BCUT2D eigenvalue weighted by Crippen LogP contribution is -2.18. The zero-order chi connectivity index (χ0) is 21.5. The first kappa shape index (κ1) is 20.8. The first-order valence-electron chi connectivity index (χ1n) is 9.19. The molecule has 4 rings (SSSR count). The van der Waals surface area contributed by atoms with Gasteiger partial charge in [0.15, 0.2) is 0 Å². The average Bonchev–Trinajstić information content (AvgIpc) is 2.69. The van der Waals surface area contributed by atoms with Gasteiger partial charge in [-0.25, -0.2) is 13.6 Å². The summed E-state index contributed by atoms with van der Waals surface area (Å²) in [7, 11) is 0. The number of hydrogen-bond donors (Lipinski definition) is 2. The third-order valence-corrected chi connectivity index (χ3v) is 5.78. The lowest BCUT2D eigenvalue weighted by Gasteiger charge is -2.24. The van der Waals surface area contributed by atoms with Crippen LogP contribution in [0.25, 0.3) is 16.5 Å². The number of carbonyl (C=O) groups is 1. The number of pyridine rings is 1. The van der Waals surface area contributed by atoms with Gasteiger partial charge in [-0.1, -0.05) is 33.6 Å². The number of allylic oxidation sites excluding steroid dienone is 2. The Morgan fingerprint density at radius 2 is 2.03 bits per heavy atom. The maximum atomic E-state index is 13.7. The summed E-state index contributed by atoms with van der Waals surface area (Å²) in [4.78, 5) is 16.2. The van der Waals surface area contributed by atoms with Crippen molar-refractivity contribution in [3.8, 4) is 0 Å². The normalized spacial score (nSPS) is 15.7. The van der Waals surface area contributed by atoms with Crippen molar-refractivity contribution < 1.29 is 18.7 Å². The number of anilines is 2. The Morgan fingerprint density at radius 1 is 1.23 bits per heavy atom. The van der Waals surface area contributed by atoms with Crippen LogP contribution in [0.4, 0.5) is 20.2 Å². The van der Waals surface area contributed by atoms with Crippen LogP contribution in [-0.4, -0.2) is 22.0 Å². The Morgan fingerprint density at radius 3 is 2.73 bits per heavy atom. The third kappa shape index (κ3) is 4.18. The van der Waals surface area contributed by atoms with Gasteiger partial charge in [0.25, 0.3) is 5.92 Å². The monoisotopic (exact) mass is 492 g/mol. The molecule has 2 N–H and O–H groups in total. The fourth-order valence-corrected chi connectivity index (χ4v) is 4.05. The van der Waals surface area contributed by atoms with Crippen LogP contribution in [0.15, 0.2) is 53.1 Å². The van der Waals surface area contributed by atoms with E-state index in [4.69, 9.17) is 11.6 Å². The third-order valence-electron chi connectivity index (χ3n) is 5.05. The number of nitrogens with zero attached hydrogens (tertiary/aromatic N) is 1. The molecule has 0 spiro atoms. The van der Waals surface area contributed by atoms with Crippen LogP contribution >= 0.6 is 27.5 Å². The minimum atomic E-state index is -2.71. The molecule has 0 aliphatic heterocycles. The van der Waals surface area contributed by atoms with E-state index in [1.165, 1.54) is 12.1 Å². The van der Waals surface area contributed by atoms with Crippen LogP contribution in [0.3, 0.4) is 0 Å². The number of aromatic nitrogens is 1. The van der Waals surface area contributed by atoms with Gasteiger partial charge in [-0.3, -0.25) is 4.98 Å². The minimum Gasteiger partial charge on any atom is -0.478 e. The van der Waals surface area contributed by atoms with Gasteiger partial charge in [-0.15, -0.1) is 0 Å². The molecule has 154 valence electrons. The molecule has 1 heterocycles. The Balaban J connectivity index is 1.90. The van der Waals surface area contributed by atoms with E-state index in [9.17, 15) is 18.7 Å². The van der Waals surface area contributed by atoms with E-state index in [1.54, 1.807) is 18.3 Å². The van der Waals surface area contributed by atoms with Crippen LogP contribution in [-0.2, 0) is 0 Å². The van der Waals surface area contributed by atoms with Gasteiger partial charge in [0.2, 0.25) is 0 Å². The Kier molecular flexibility index (Phi) is 5.51. The molecule has 0 fully saturated rings. The Bertz CT molecular complexity index is 1200. The molecule has 1 aromatic heterocycles. The van der Waals surface area contributed by atoms with Gasteiger partial charge < -0.3 is 10.4 Å². The van der Waals surface area contributed by atoms with E-state index in [-0.39, 0.29) is 24.8 Å². The molecule has 1 aliphatic rings. The summed E-state index contributed by atoms with van der Waals surface area (Å²) in [5.74, 6) is -3.84. The predicted molar refractivity (Wildman–Crippen MR) is 118 cm³/mol. The second-order valence-electron chi connectivity index (χ2n) is 7.12. The van der Waals surface area contributed by atoms with Crippen molar-refractivity contribution in [3.05, 3.63) is 69.3 Å². The fraction of sp³-hybridized carbons (Fsp3) is 0.182. The molecule has 1 aliphatic carbocycles. The standard InChI is InChI=1S/C22H16BrClF2N2O2/c23-13-1-3-18-15(9-13)20(28-19-4-2-14(24)10-16(19)21(29)30)17(11-27-18)12-5-7-22(25,26)8-6-12/h1-5,9-11H,6-8H2,(H,27,28)(H,29,30). The van der Waals surface area contributed by atoms with Gasteiger partial charge in [0, 0.05) is 39.5 Å². The second-order valence-corrected chi connectivity index (χ2v) is 8.47. The molecular weight excluding hydrogens is 478 g/mol. The molecule has 30 heavy (non-hydrogen) atoms. The van der Waals surface area contributed by atoms with E-state index in [2.05, 4.69) is 26.2 Å². The molecule has 0 radical (unpaired) electrons. The first-order chi connectivity index (χ1) is 14.2. The Hall–Kier alpha value is -2.51. The smallest absolute Gasteiger partial charge is 0.337 e. The average molecular weight is 494 g/mol. The quantitative estimate of drug-likeness (QED) is 0.400. The molecular formula is C22H16BrClF2N2O2. The van der Waals surface area contributed by atoms with Crippen molar-refractivity contribution in [2.75, 3.05) is 5.32 Å². The van der Waals surface area contributed by atoms with Crippen LogP contribution in [0.5, 0.6) is 0 Å². The highest BCUT2D eigenvalue weighted by molar-refractivity contribution is 9.10. The van der Waals surface area contributed by atoms with Gasteiger partial charge in [0.05, 0.1) is 22.5 Å². The lowest BCUT2D eigenvalue weighted by atomic mass is 9.90. The summed E-state index contributed by atoms with van der Waals surface area (Å²) in [5.41, 5.74) is 3.09. The highest BCUT2D eigenvalue weighted by Gasteiger charge is 2.32. The molecule has 0 saturated carbocycles. The molecule has 0 saturated heterocycles. The number of aromatic carboxylic acids is 1. The highest BCUT2D eigenvalue weighted by atomic mass is 79.9. The van der Waals surface area contributed by atoms with E-state index in [1.807, 2.05) is 18.2 Å². The molecule has 0 bridgehead atoms. The molecule has 0 unspecified atom stereocenters. The largest absolute Gasteiger partial charge is 0.478 e. The fourth-order valence-electron chi connectivity index (χ4n) is 3.52. The van der Waals surface area contributed by atoms with Gasteiger partial charge in [-0.05, 0) is 48.4 Å². The minimum absolute atomic E-state index is 0.0116. The summed E-state index contributed by atoms with van der Waals surface area (Å²) in [6.07, 6.45) is 2.81. The van der Waals surface area contributed by atoms with Gasteiger partial charge in [0.1, 0.15) is 0 Å². The Labute approximate surface area is 184 Å². The number of halogens is 4. The number of rotatable bonds is 4. The van der Waals surface area contributed by atoms with E-state index in [0.717, 1.165) is 15.4 Å². The first-order valence-corrected chi connectivity index (χ1v) is 10.4. The number of fused-ring (bicyclic) bond motifs is 1. The molecule has 0 amide bonds. The molecule has 0 atom stereocenters. The molecule has 2 aromatic carbocycles. The molecule has 8 heteroatoms. The SMILES string of the molecule is O=C(O)c1cc(Cl)ccc1Nc1c(C2=CCC(F)(F)CC2)cnc2ccc(Br)cc12. The van der Waals surface area contributed by atoms with E-state index in [0.29, 0.717) is 27.5 Å². The number of hydrogen-bond acceptors (Lipinski definition) is 3. The van der Waals surface area contributed by atoms with Crippen LogP contribution < -0.4 is 5.32 Å². The van der Waals surface area contributed by atoms with E-state index < -0.39 is 11.9 Å². The van der Waals surface area contributed by atoms with E-state index >= 15 is 0 Å². The summed E-state index contributed by atoms with van der Waals surface area (Å²) >= 11 is 9.43. The zero-order valence-corrected chi connectivity index (χ0v) is 17.9. The summed E-state index contributed by atoms with van der Waals surface area (Å²) in [5, 5.41) is 13.8. The maximum absolute atomic E-state index is 13.7.